The van der Waals surface area contributed by atoms with Gasteiger partial charge >= 0.3 is 0 Å². The second kappa shape index (κ2) is 9.20. The molecule has 160 valence electrons. The molecule has 0 spiro atoms. The summed E-state index contributed by atoms with van der Waals surface area (Å²) >= 11 is 0. The van der Waals surface area contributed by atoms with Crippen LogP contribution in [-0.4, -0.2) is 64.3 Å². The number of nitrogens with one attached hydrogen (secondary N) is 1. The maximum atomic E-state index is 12.7. The van der Waals surface area contributed by atoms with Crippen molar-refractivity contribution in [2.45, 2.75) is 4.90 Å². The van der Waals surface area contributed by atoms with Gasteiger partial charge in [-0.05, 0) is 29.8 Å². The number of ether oxygens (including phenoxy) is 1. The Morgan fingerprint density at radius 1 is 1.17 bits per heavy atom. The number of nitro benzene ring substituents is 1. The summed E-state index contributed by atoms with van der Waals surface area (Å²) < 4.78 is 31.9. The summed E-state index contributed by atoms with van der Waals surface area (Å²) in [4.78, 5) is 12.7. The van der Waals surface area contributed by atoms with Gasteiger partial charge < -0.3 is 9.64 Å². The van der Waals surface area contributed by atoms with Crippen LogP contribution in [0.3, 0.4) is 0 Å². The van der Waals surface area contributed by atoms with Crippen molar-refractivity contribution in [3.8, 4) is 0 Å². The fraction of sp³-hybridized carbons (Fsp3) is 0.316. The molecule has 30 heavy (non-hydrogen) atoms. The third-order valence-corrected chi connectivity index (χ3v) is 6.48. The van der Waals surface area contributed by atoms with Crippen LogP contribution in [0.2, 0.25) is 0 Å². The first-order valence-electron chi connectivity index (χ1n) is 9.22. The Bertz CT molecular complexity index is 1030. The summed E-state index contributed by atoms with van der Waals surface area (Å²) in [7, 11) is 0.0436. The largest absolute Gasteiger partial charge is 0.379 e. The minimum atomic E-state index is -3.83. The highest BCUT2D eigenvalue weighted by Crippen LogP contribution is 2.29. The Kier molecular flexibility index (Phi) is 6.65. The average molecular weight is 433 g/mol. The van der Waals surface area contributed by atoms with Gasteiger partial charge in [-0.2, -0.15) is 9.41 Å². The molecule has 0 saturated carbocycles. The number of hydrogen-bond acceptors (Lipinski definition) is 8. The van der Waals surface area contributed by atoms with Crippen LogP contribution in [0.25, 0.3) is 0 Å². The first-order valence-corrected chi connectivity index (χ1v) is 10.7. The van der Waals surface area contributed by atoms with Crippen LogP contribution in [0.15, 0.2) is 52.5 Å². The highest BCUT2D eigenvalue weighted by molar-refractivity contribution is 7.89. The first kappa shape index (κ1) is 21.7. The van der Waals surface area contributed by atoms with Crippen LogP contribution in [0.4, 0.5) is 17.1 Å². The van der Waals surface area contributed by atoms with Crippen molar-refractivity contribution in [3.05, 3.63) is 58.1 Å². The lowest BCUT2D eigenvalue weighted by Crippen LogP contribution is -2.40. The minimum Gasteiger partial charge on any atom is -0.379 e. The van der Waals surface area contributed by atoms with Gasteiger partial charge in [0, 0.05) is 38.9 Å². The molecule has 1 saturated heterocycles. The Labute approximate surface area is 174 Å². The molecule has 1 fully saturated rings. The van der Waals surface area contributed by atoms with E-state index in [4.69, 9.17) is 4.74 Å². The summed E-state index contributed by atoms with van der Waals surface area (Å²) in [5.41, 5.74) is 4.20. The van der Waals surface area contributed by atoms with Crippen LogP contribution in [0.1, 0.15) is 5.56 Å². The van der Waals surface area contributed by atoms with Crippen molar-refractivity contribution in [1.82, 2.24) is 4.31 Å². The molecule has 2 aromatic carbocycles. The highest BCUT2D eigenvalue weighted by Gasteiger charge is 2.28. The molecule has 1 N–H and O–H groups in total. The lowest BCUT2D eigenvalue weighted by Gasteiger charge is -2.26. The van der Waals surface area contributed by atoms with Crippen molar-refractivity contribution in [1.29, 1.82) is 0 Å². The summed E-state index contributed by atoms with van der Waals surface area (Å²) in [6, 6.07) is 11.3. The molecule has 0 amide bonds. The van der Waals surface area contributed by atoms with E-state index in [0.717, 1.165) is 17.3 Å². The Hall–Kier alpha value is -3.02. The molecule has 1 heterocycles. The Morgan fingerprint density at radius 2 is 1.83 bits per heavy atom. The predicted octanol–water partition coefficient (Wildman–Crippen LogP) is 2.13. The lowest BCUT2D eigenvalue weighted by molar-refractivity contribution is -0.384. The number of hydrogen-bond donors (Lipinski definition) is 1. The highest BCUT2D eigenvalue weighted by atomic mass is 32.2. The van der Waals surface area contributed by atoms with E-state index in [-0.39, 0.29) is 29.4 Å². The van der Waals surface area contributed by atoms with Crippen molar-refractivity contribution >= 4 is 33.3 Å². The molecule has 0 atom stereocenters. The molecule has 2 aromatic rings. The van der Waals surface area contributed by atoms with Crippen molar-refractivity contribution in [2.24, 2.45) is 5.10 Å². The van der Waals surface area contributed by atoms with Crippen LogP contribution in [-0.2, 0) is 14.8 Å². The van der Waals surface area contributed by atoms with E-state index < -0.39 is 14.9 Å². The number of nitrogens with zero attached hydrogens (tertiary/aromatic N) is 4. The topological polar surface area (TPSA) is 117 Å². The number of sulfonamides is 1. The van der Waals surface area contributed by atoms with Gasteiger partial charge in [0.15, 0.2) is 0 Å². The van der Waals surface area contributed by atoms with Gasteiger partial charge in [-0.25, -0.2) is 8.42 Å². The second-order valence-corrected chi connectivity index (χ2v) is 8.75. The molecule has 3 rings (SSSR count). The molecule has 0 aliphatic carbocycles. The number of anilines is 2. The molecular weight excluding hydrogens is 410 g/mol. The predicted molar refractivity (Wildman–Crippen MR) is 115 cm³/mol. The molecule has 1 aliphatic rings. The van der Waals surface area contributed by atoms with Gasteiger partial charge in [-0.3, -0.25) is 15.5 Å². The standard InChI is InChI=1S/C19H23N5O5S/c1-22(2)16-5-3-15(4-6-16)14-20-21-18-8-7-17(13-19(18)24(25)26)30(27,28)23-9-11-29-12-10-23/h3-8,13-14,21H,9-12H2,1-2H3. The van der Waals surface area contributed by atoms with E-state index in [0.29, 0.717) is 13.2 Å². The molecule has 10 nitrogen and oxygen atoms in total. The summed E-state index contributed by atoms with van der Waals surface area (Å²) in [5, 5.41) is 15.5. The summed E-state index contributed by atoms with van der Waals surface area (Å²) in [5.74, 6) is 0. The fourth-order valence-electron chi connectivity index (χ4n) is 2.89. The van der Waals surface area contributed by atoms with Crippen molar-refractivity contribution < 1.29 is 18.1 Å². The smallest absolute Gasteiger partial charge is 0.295 e. The monoisotopic (exact) mass is 433 g/mol. The number of benzene rings is 2. The SMILES string of the molecule is CN(C)c1ccc(C=NNc2ccc(S(=O)(=O)N3CCOCC3)cc2[N+](=O)[O-])cc1. The first-order chi connectivity index (χ1) is 14.3. The minimum absolute atomic E-state index is 0.0992. The number of hydrazone groups is 1. The van der Waals surface area contributed by atoms with Gasteiger partial charge in [0.05, 0.1) is 29.2 Å². The molecular formula is C19H23N5O5S. The second-order valence-electron chi connectivity index (χ2n) is 6.81. The molecule has 0 radical (unpaired) electrons. The van der Waals surface area contributed by atoms with Gasteiger partial charge in [0.1, 0.15) is 5.69 Å². The molecule has 0 unspecified atom stereocenters. The summed E-state index contributed by atoms with van der Waals surface area (Å²) in [6.45, 7) is 1.02. The third-order valence-electron chi connectivity index (χ3n) is 4.58. The number of rotatable bonds is 7. The van der Waals surface area contributed by atoms with Gasteiger partial charge in [-0.1, -0.05) is 12.1 Å². The Morgan fingerprint density at radius 3 is 2.43 bits per heavy atom. The van der Waals surface area contributed by atoms with E-state index in [1.54, 1.807) is 0 Å². The van der Waals surface area contributed by atoms with E-state index in [1.807, 2.05) is 43.3 Å². The molecule has 0 bridgehead atoms. The van der Waals surface area contributed by atoms with Crippen LogP contribution >= 0.6 is 0 Å². The van der Waals surface area contributed by atoms with Gasteiger partial charge in [0.2, 0.25) is 10.0 Å². The zero-order chi connectivity index (χ0) is 21.7. The van der Waals surface area contributed by atoms with E-state index in [9.17, 15) is 18.5 Å². The zero-order valence-electron chi connectivity index (χ0n) is 16.7. The maximum Gasteiger partial charge on any atom is 0.295 e. The van der Waals surface area contributed by atoms with Crippen molar-refractivity contribution in [2.75, 3.05) is 50.7 Å². The Balaban J connectivity index is 1.79. The van der Waals surface area contributed by atoms with E-state index in [2.05, 4.69) is 10.5 Å². The lowest BCUT2D eigenvalue weighted by atomic mass is 10.2. The van der Waals surface area contributed by atoms with Gasteiger partial charge in [-0.15, -0.1) is 0 Å². The van der Waals surface area contributed by atoms with Crippen molar-refractivity contribution in [3.63, 3.8) is 0 Å². The maximum absolute atomic E-state index is 12.7. The zero-order valence-corrected chi connectivity index (χ0v) is 17.5. The molecule has 1 aliphatic heterocycles. The average Bonchev–Trinajstić information content (AvgIpc) is 2.74. The van der Waals surface area contributed by atoms with E-state index in [1.165, 1.54) is 22.7 Å². The third kappa shape index (κ3) is 4.93. The van der Waals surface area contributed by atoms with Crippen LogP contribution in [0, 0.1) is 10.1 Å². The van der Waals surface area contributed by atoms with E-state index >= 15 is 0 Å². The van der Waals surface area contributed by atoms with Crippen LogP contribution < -0.4 is 10.3 Å². The normalized spacial score (nSPS) is 15.3. The molecule has 0 aromatic heterocycles. The fourth-order valence-corrected chi connectivity index (χ4v) is 4.32. The quantitative estimate of drug-likeness (QED) is 0.404. The van der Waals surface area contributed by atoms with Gasteiger partial charge in [0.25, 0.3) is 5.69 Å². The molecule has 11 heteroatoms. The number of morpholine rings is 1. The number of nitro groups is 1. The van der Waals surface area contributed by atoms with Crippen LogP contribution in [0.5, 0.6) is 0 Å². The summed E-state index contributed by atoms with van der Waals surface area (Å²) in [6.07, 6.45) is 1.53.